The van der Waals surface area contributed by atoms with E-state index in [-0.39, 0.29) is 5.91 Å². The number of rotatable bonds is 3. The Labute approximate surface area is 149 Å². The van der Waals surface area contributed by atoms with Crippen LogP contribution in [0.3, 0.4) is 0 Å². The second-order valence-corrected chi connectivity index (χ2v) is 6.71. The molecule has 1 amide bonds. The van der Waals surface area contributed by atoms with Gasteiger partial charge in [0.2, 0.25) is 4.96 Å². The van der Waals surface area contributed by atoms with Crippen LogP contribution in [0.25, 0.3) is 16.2 Å². The van der Waals surface area contributed by atoms with Gasteiger partial charge in [0, 0.05) is 16.5 Å². The van der Waals surface area contributed by atoms with Crippen molar-refractivity contribution in [3.8, 4) is 11.3 Å². The number of fused-ring (bicyclic) bond motifs is 1. The van der Waals surface area contributed by atoms with Gasteiger partial charge in [-0.15, -0.1) is 16.4 Å². The highest BCUT2D eigenvalue weighted by molar-refractivity contribution is 7.15. The quantitative estimate of drug-likeness (QED) is 0.599. The largest absolute Gasteiger partial charge is 0.289 e. The molecule has 0 unspecified atom stereocenters. The summed E-state index contributed by atoms with van der Waals surface area (Å²) < 4.78 is 1.76. The Hall–Kier alpha value is -2.99. The van der Waals surface area contributed by atoms with E-state index >= 15 is 0 Å². The van der Waals surface area contributed by atoms with E-state index in [4.69, 9.17) is 0 Å². The van der Waals surface area contributed by atoms with E-state index in [1.807, 2.05) is 67.8 Å². The van der Waals surface area contributed by atoms with E-state index in [0.717, 1.165) is 27.3 Å². The summed E-state index contributed by atoms with van der Waals surface area (Å²) in [4.78, 5) is 17.6. The predicted molar refractivity (Wildman–Crippen MR) is 100 cm³/mol. The molecular formula is C19H16N4OS. The zero-order chi connectivity index (χ0) is 17.4. The molecule has 5 nitrogen and oxygen atoms in total. The number of aryl methyl sites for hydroxylation is 2. The molecule has 124 valence electrons. The van der Waals surface area contributed by atoms with Crippen LogP contribution in [-0.2, 0) is 0 Å². The maximum absolute atomic E-state index is 12.4. The summed E-state index contributed by atoms with van der Waals surface area (Å²) in [5, 5.41) is 9.24. The third-order valence-electron chi connectivity index (χ3n) is 4.15. The number of aromatic nitrogens is 3. The van der Waals surface area contributed by atoms with E-state index in [2.05, 4.69) is 15.4 Å². The first-order chi connectivity index (χ1) is 12.1. The minimum Gasteiger partial charge on any atom is -0.289 e. The van der Waals surface area contributed by atoms with Crippen molar-refractivity contribution in [1.82, 2.24) is 14.6 Å². The molecule has 2 heterocycles. The summed E-state index contributed by atoms with van der Waals surface area (Å²) in [6, 6.07) is 15.6. The topological polar surface area (TPSA) is 59.3 Å². The van der Waals surface area contributed by atoms with Gasteiger partial charge in [0.15, 0.2) is 0 Å². The average molecular weight is 348 g/mol. The van der Waals surface area contributed by atoms with E-state index in [1.165, 1.54) is 11.3 Å². The third-order valence-corrected chi connectivity index (χ3v) is 4.96. The summed E-state index contributed by atoms with van der Waals surface area (Å²) in [6.45, 7) is 4.01. The molecule has 4 rings (SSSR count). The number of thiazole rings is 1. The molecule has 0 bridgehead atoms. The minimum absolute atomic E-state index is 0.206. The van der Waals surface area contributed by atoms with E-state index in [9.17, 15) is 4.79 Å². The van der Waals surface area contributed by atoms with Gasteiger partial charge in [0.1, 0.15) is 0 Å². The monoisotopic (exact) mass is 348 g/mol. The Morgan fingerprint density at radius 2 is 1.88 bits per heavy atom. The molecule has 0 aliphatic carbocycles. The van der Waals surface area contributed by atoms with Crippen molar-refractivity contribution in [1.29, 1.82) is 0 Å². The molecule has 2 aromatic heterocycles. The van der Waals surface area contributed by atoms with E-state index in [1.54, 1.807) is 4.52 Å². The van der Waals surface area contributed by atoms with Gasteiger partial charge >= 0.3 is 0 Å². The molecule has 0 aliphatic heterocycles. The number of carbonyl (C=O) groups excluding carboxylic acids is 1. The molecule has 2 aromatic carbocycles. The van der Waals surface area contributed by atoms with Crippen LogP contribution < -0.4 is 5.32 Å². The van der Waals surface area contributed by atoms with Gasteiger partial charge in [-0.1, -0.05) is 36.4 Å². The number of hydrogen-bond acceptors (Lipinski definition) is 4. The van der Waals surface area contributed by atoms with Crippen molar-refractivity contribution in [2.45, 2.75) is 13.8 Å². The third kappa shape index (κ3) is 2.92. The smallest absolute Gasteiger partial charge is 0.258 e. The standard InChI is InChI=1S/C19H16N4OS/c1-12-8-9-15(10-13(12)2)17(24)20-18-21-19-23(22-18)16(11-25-19)14-6-4-3-5-7-14/h3-11H,1-2H3,(H,20,22,24). The predicted octanol–water partition coefficient (Wildman–Crippen LogP) is 4.33. The lowest BCUT2D eigenvalue weighted by atomic mass is 10.1. The summed E-state index contributed by atoms with van der Waals surface area (Å²) in [5.74, 6) is 0.106. The second-order valence-electron chi connectivity index (χ2n) is 5.87. The van der Waals surface area contributed by atoms with Gasteiger partial charge in [-0.3, -0.25) is 10.1 Å². The first kappa shape index (κ1) is 15.5. The van der Waals surface area contributed by atoms with Crippen LogP contribution in [0.15, 0.2) is 53.9 Å². The molecule has 0 fully saturated rings. The Bertz CT molecular complexity index is 1070. The molecule has 0 spiro atoms. The van der Waals surface area contributed by atoms with Gasteiger partial charge in [-0.05, 0) is 37.1 Å². The molecule has 0 aliphatic rings. The van der Waals surface area contributed by atoms with Crippen molar-refractivity contribution in [3.05, 3.63) is 70.6 Å². The highest BCUT2D eigenvalue weighted by atomic mass is 32.1. The summed E-state index contributed by atoms with van der Waals surface area (Å²) in [5.41, 5.74) is 4.86. The van der Waals surface area contributed by atoms with E-state index < -0.39 is 0 Å². The molecular weight excluding hydrogens is 332 g/mol. The Balaban J connectivity index is 1.63. The van der Waals surface area contributed by atoms with Gasteiger partial charge < -0.3 is 0 Å². The van der Waals surface area contributed by atoms with Crippen LogP contribution in [0.1, 0.15) is 21.5 Å². The molecule has 6 heteroatoms. The maximum atomic E-state index is 12.4. The maximum Gasteiger partial charge on any atom is 0.258 e. The fraction of sp³-hybridized carbons (Fsp3) is 0.105. The lowest BCUT2D eigenvalue weighted by Crippen LogP contribution is -2.13. The number of benzene rings is 2. The van der Waals surface area contributed by atoms with Crippen molar-refractivity contribution in [3.63, 3.8) is 0 Å². The number of carbonyl (C=O) groups is 1. The average Bonchev–Trinajstić information content (AvgIpc) is 3.18. The van der Waals surface area contributed by atoms with Gasteiger partial charge in [-0.25, -0.2) is 4.52 Å². The number of amides is 1. The Kier molecular flexibility index (Phi) is 3.82. The molecule has 1 N–H and O–H groups in total. The number of nitrogens with one attached hydrogen (secondary N) is 1. The second kappa shape index (κ2) is 6.14. The lowest BCUT2D eigenvalue weighted by molar-refractivity contribution is 0.102. The van der Waals surface area contributed by atoms with Crippen molar-refractivity contribution < 1.29 is 4.79 Å². The van der Waals surface area contributed by atoms with Crippen molar-refractivity contribution in [2.75, 3.05) is 5.32 Å². The van der Waals surface area contributed by atoms with Crippen LogP contribution in [0.2, 0.25) is 0 Å². The fourth-order valence-electron chi connectivity index (χ4n) is 2.60. The summed E-state index contributed by atoms with van der Waals surface area (Å²) in [6.07, 6.45) is 0. The number of hydrogen-bond donors (Lipinski definition) is 1. The highest BCUT2D eigenvalue weighted by Gasteiger charge is 2.14. The van der Waals surface area contributed by atoms with Crippen LogP contribution in [-0.4, -0.2) is 20.5 Å². The van der Waals surface area contributed by atoms with Crippen LogP contribution in [0.5, 0.6) is 0 Å². The van der Waals surface area contributed by atoms with Crippen LogP contribution in [0.4, 0.5) is 5.95 Å². The first-order valence-electron chi connectivity index (χ1n) is 7.90. The van der Waals surface area contributed by atoms with Gasteiger partial charge in [-0.2, -0.15) is 4.98 Å². The van der Waals surface area contributed by atoms with Crippen LogP contribution >= 0.6 is 11.3 Å². The Morgan fingerprint density at radius 1 is 1.08 bits per heavy atom. The lowest BCUT2D eigenvalue weighted by Gasteiger charge is -2.04. The number of nitrogens with zero attached hydrogens (tertiary/aromatic N) is 3. The fourth-order valence-corrected chi connectivity index (χ4v) is 3.43. The first-order valence-corrected chi connectivity index (χ1v) is 8.78. The van der Waals surface area contributed by atoms with Gasteiger partial charge in [0.25, 0.3) is 11.9 Å². The molecule has 0 saturated carbocycles. The highest BCUT2D eigenvalue weighted by Crippen LogP contribution is 2.25. The molecule has 0 atom stereocenters. The summed E-state index contributed by atoms with van der Waals surface area (Å²) >= 11 is 1.49. The van der Waals surface area contributed by atoms with Crippen molar-refractivity contribution in [2.24, 2.45) is 0 Å². The van der Waals surface area contributed by atoms with Crippen LogP contribution in [0, 0.1) is 13.8 Å². The van der Waals surface area contributed by atoms with Gasteiger partial charge in [0.05, 0.1) is 5.69 Å². The zero-order valence-electron chi connectivity index (χ0n) is 13.9. The number of anilines is 1. The molecule has 0 radical (unpaired) electrons. The normalized spacial score (nSPS) is 11.0. The Morgan fingerprint density at radius 3 is 2.64 bits per heavy atom. The zero-order valence-corrected chi connectivity index (χ0v) is 14.7. The summed E-state index contributed by atoms with van der Waals surface area (Å²) in [7, 11) is 0. The van der Waals surface area contributed by atoms with E-state index in [0.29, 0.717) is 11.5 Å². The molecule has 25 heavy (non-hydrogen) atoms. The minimum atomic E-state index is -0.206. The SMILES string of the molecule is Cc1ccc(C(=O)Nc2nc3scc(-c4ccccc4)n3n2)cc1C. The molecule has 0 saturated heterocycles. The van der Waals surface area contributed by atoms with Crippen molar-refractivity contribution >= 4 is 28.2 Å². The molecule has 4 aromatic rings.